The summed E-state index contributed by atoms with van der Waals surface area (Å²) in [6, 6.07) is 0. The second-order valence-electron chi connectivity index (χ2n) is 6.21. The van der Waals surface area contributed by atoms with Crippen LogP contribution in [-0.2, 0) is 9.53 Å². The molecule has 1 aliphatic heterocycles. The lowest BCUT2D eigenvalue weighted by Crippen LogP contribution is -2.45. The molecule has 5 heteroatoms. The molecule has 0 saturated carbocycles. The van der Waals surface area contributed by atoms with Crippen molar-refractivity contribution in [1.29, 1.82) is 0 Å². The van der Waals surface area contributed by atoms with Crippen LogP contribution in [0.1, 0.15) is 40.5 Å². The third-order valence-electron chi connectivity index (χ3n) is 3.41. The summed E-state index contributed by atoms with van der Waals surface area (Å²) < 4.78 is 5.38. The molecule has 0 aromatic rings. The van der Waals surface area contributed by atoms with Crippen molar-refractivity contribution in [3.63, 3.8) is 0 Å². The number of carbonyl (C=O) groups excluding carboxylic acids is 2. The van der Waals surface area contributed by atoms with E-state index in [0.717, 1.165) is 12.8 Å². The number of hydrogen-bond acceptors (Lipinski definition) is 4. The van der Waals surface area contributed by atoms with E-state index < -0.39 is 5.60 Å². The fraction of sp³-hybridized carbons (Fsp3) is 0.857. The predicted octanol–water partition coefficient (Wildman–Crippen LogP) is 2.61. The number of hydrogen-bond donors (Lipinski definition) is 0. The van der Waals surface area contributed by atoms with Crippen molar-refractivity contribution in [3.8, 4) is 0 Å². The van der Waals surface area contributed by atoms with Gasteiger partial charge in [-0.1, -0.05) is 6.92 Å². The van der Waals surface area contributed by atoms with Crippen molar-refractivity contribution in [2.45, 2.75) is 46.1 Å². The molecule has 1 amide bonds. The minimum Gasteiger partial charge on any atom is -0.444 e. The normalized spacial score (nSPS) is 23.7. The molecule has 0 bridgehead atoms. The smallest absolute Gasteiger partial charge is 0.410 e. The van der Waals surface area contributed by atoms with Gasteiger partial charge in [0.2, 0.25) is 6.08 Å². The summed E-state index contributed by atoms with van der Waals surface area (Å²) >= 11 is 0. The van der Waals surface area contributed by atoms with Crippen LogP contribution < -0.4 is 0 Å². The molecule has 0 aromatic heterocycles. The Morgan fingerprint density at radius 3 is 2.68 bits per heavy atom. The summed E-state index contributed by atoms with van der Waals surface area (Å²) in [6.07, 6.45) is 3.16. The Labute approximate surface area is 115 Å². The minimum absolute atomic E-state index is 0.233. The molecular formula is C14H24N2O3. The lowest BCUT2D eigenvalue weighted by molar-refractivity contribution is 0.0113. The Hall–Kier alpha value is -1.35. The van der Waals surface area contributed by atoms with Crippen molar-refractivity contribution in [2.75, 3.05) is 19.6 Å². The first kappa shape index (κ1) is 15.7. The molecule has 5 nitrogen and oxygen atoms in total. The van der Waals surface area contributed by atoms with E-state index in [4.69, 9.17) is 4.74 Å². The highest BCUT2D eigenvalue weighted by molar-refractivity contribution is 5.68. The van der Waals surface area contributed by atoms with E-state index in [1.165, 1.54) is 0 Å². The number of likely N-dealkylation sites (tertiary alicyclic amines) is 1. The number of aliphatic imine (C=N–C) groups is 1. The van der Waals surface area contributed by atoms with Crippen LogP contribution in [0.4, 0.5) is 4.79 Å². The number of ether oxygens (including phenoxy) is 1. The summed E-state index contributed by atoms with van der Waals surface area (Å²) in [4.78, 5) is 27.4. The highest BCUT2D eigenvalue weighted by atomic mass is 16.6. The topological polar surface area (TPSA) is 59.0 Å². The first-order valence-electron chi connectivity index (χ1n) is 6.85. The van der Waals surface area contributed by atoms with E-state index in [2.05, 4.69) is 11.9 Å². The summed E-state index contributed by atoms with van der Waals surface area (Å²) in [7, 11) is 0. The lowest BCUT2D eigenvalue weighted by atomic mass is 9.84. The summed E-state index contributed by atoms with van der Waals surface area (Å²) in [5.74, 6) is 0.916. The Morgan fingerprint density at radius 1 is 1.47 bits per heavy atom. The average molecular weight is 268 g/mol. The van der Waals surface area contributed by atoms with Crippen LogP contribution >= 0.6 is 0 Å². The number of nitrogens with zero attached hydrogens (tertiary/aromatic N) is 2. The fourth-order valence-corrected chi connectivity index (χ4v) is 2.39. The number of rotatable bonds is 3. The predicted molar refractivity (Wildman–Crippen MR) is 72.7 cm³/mol. The van der Waals surface area contributed by atoms with Gasteiger partial charge in [0.05, 0.1) is 6.54 Å². The van der Waals surface area contributed by atoms with Crippen molar-refractivity contribution in [1.82, 2.24) is 4.90 Å². The van der Waals surface area contributed by atoms with Gasteiger partial charge in [0.15, 0.2) is 0 Å². The third-order valence-corrected chi connectivity index (χ3v) is 3.41. The summed E-state index contributed by atoms with van der Waals surface area (Å²) in [6.45, 7) is 9.71. The van der Waals surface area contributed by atoms with Crippen LogP contribution in [-0.4, -0.2) is 42.3 Å². The average Bonchev–Trinajstić information content (AvgIpc) is 2.29. The molecule has 0 aliphatic carbocycles. The van der Waals surface area contributed by atoms with E-state index in [-0.39, 0.29) is 6.09 Å². The van der Waals surface area contributed by atoms with Crippen LogP contribution in [0.5, 0.6) is 0 Å². The molecule has 108 valence electrons. The van der Waals surface area contributed by atoms with Gasteiger partial charge in [-0.2, -0.15) is 0 Å². The molecule has 2 atom stereocenters. The van der Waals surface area contributed by atoms with Gasteiger partial charge in [0.1, 0.15) is 5.60 Å². The first-order valence-corrected chi connectivity index (χ1v) is 6.85. The molecule has 1 saturated heterocycles. The maximum atomic E-state index is 12.0. The first-order chi connectivity index (χ1) is 8.83. The molecule has 2 unspecified atom stereocenters. The van der Waals surface area contributed by atoms with Crippen LogP contribution in [0.25, 0.3) is 0 Å². The molecule has 1 heterocycles. The number of isocyanates is 1. The SMILES string of the molecule is CC1CN(C(=O)OC(C)(C)C)CCC1CCN=C=O. The van der Waals surface area contributed by atoms with Gasteiger partial charge in [-0.3, -0.25) is 0 Å². The van der Waals surface area contributed by atoms with E-state index in [1.54, 1.807) is 11.0 Å². The van der Waals surface area contributed by atoms with E-state index >= 15 is 0 Å². The van der Waals surface area contributed by atoms with Crippen LogP contribution in [0, 0.1) is 11.8 Å². The van der Waals surface area contributed by atoms with Crippen LogP contribution in [0.15, 0.2) is 4.99 Å². The lowest BCUT2D eigenvalue weighted by Gasteiger charge is -2.37. The Bertz CT molecular complexity index is 356. The molecule has 1 aliphatic rings. The Morgan fingerprint density at radius 2 is 2.16 bits per heavy atom. The molecule has 1 rings (SSSR count). The zero-order valence-electron chi connectivity index (χ0n) is 12.3. The van der Waals surface area contributed by atoms with Crippen LogP contribution in [0.2, 0.25) is 0 Å². The van der Waals surface area contributed by atoms with E-state index in [0.29, 0.717) is 31.5 Å². The highest BCUT2D eigenvalue weighted by Crippen LogP contribution is 2.27. The van der Waals surface area contributed by atoms with E-state index in [1.807, 2.05) is 20.8 Å². The van der Waals surface area contributed by atoms with Crippen molar-refractivity contribution >= 4 is 12.2 Å². The van der Waals surface area contributed by atoms with Crippen molar-refractivity contribution in [3.05, 3.63) is 0 Å². The molecule has 19 heavy (non-hydrogen) atoms. The van der Waals surface area contributed by atoms with Crippen LogP contribution in [0.3, 0.4) is 0 Å². The van der Waals surface area contributed by atoms with E-state index in [9.17, 15) is 9.59 Å². The second kappa shape index (κ2) is 6.71. The fourth-order valence-electron chi connectivity index (χ4n) is 2.39. The van der Waals surface area contributed by atoms with Gasteiger partial charge in [-0.15, -0.1) is 0 Å². The number of carbonyl (C=O) groups is 1. The maximum absolute atomic E-state index is 12.0. The maximum Gasteiger partial charge on any atom is 0.410 e. The number of amides is 1. The molecule has 0 aromatic carbocycles. The van der Waals surface area contributed by atoms with Gasteiger partial charge in [0.25, 0.3) is 0 Å². The van der Waals surface area contributed by atoms with Gasteiger partial charge in [-0.25, -0.2) is 14.6 Å². The van der Waals surface area contributed by atoms with Gasteiger partial charge in [-0.05, 0) is 45.4 Å². The summed E-state index contributed by atoms with van der Waals surface area (Å²) in [5, 5.41) is 0. The largest absolute Gasteiger partial charge is 0.444 e. The summed E-state index contributed by atoms with van der Waals surface area (Å²) in [5.41, 5.74) is -0.449. The molecular weight excluding hydrogens is 244 g/mol. The monoisotopic (exact) mass is 268 g/mol. The molecule has 0 radical (unpaired) electrons. The van der Waals surface area contributed by atoms with Gasteiger partial charge >= 0.3 is 6.09 Å². The van der Waals surface area contributed by atoms with Gasteiger partial charge < -0.3 is 9.64 Å². The minimum atomic E-state index is -0.449. The quantitative estimate of drug-likeness (QED) is 0.584. The Balaban J connectivity index is 2.44. The molecule has 1 fully saturated rings. The van der Waals surface area contributed by atoms with Crippen molar-refractivity contribution in [2.24, 2.45) is 16.8 Å². The highest BCUT2D eigenvalue weighted by Gasteiger charge is 2.30. The standard InChI is InChI=1S/C14H24N2O3/c1-11-9-16(13(18)19-14(2,3)4)8-6-12(11)5-7-15-10-17/h11-12H,5-9H2,1-4H3. The van der Waals surface area contributed by atoms with Gasteiger partial charge in [0, 0.05) is 13.1 Å². The Kier molecular flexibility index (Phi) is 5.55. The van der Waals surface area contributed by atoms with Crippen molar-refractivity contribution < 1.29 is 14.3 Å². The third kappa shape index (κ3) is 5.43. The second-order valence-corrected chi connectivity index (χ2v) is 6.21. The number of piperidine rings is 1. The zero-order chi connectivity index (χ0) is 14.5. The molecule has 0 spiro atoms. The zero-order valence-corrected chi connectivity index (χ0v) is 12.3. The molecule has 0 N–H and O–H groups in total.